The molecule has 0 amide bonds. The molecule has 1 atom stereocenters. The first-order valence-electron chi connectivity index (χ1n) is 27.2. The highest BCUT2D eigenvalue weighted by molar-refractivity contribution is 5.71. The van der Waals surface area contributed by atoms with Gasteiger partial charge >= 0.3 is 17.9 Å². The van der Waals surface area contributed by atoms with Gasteiger partial charge in [-0.1, -0.05) is 268 Å². The van der Waals surface area contributed by atoms with Gasteiger partial charge in [-0.05, 0) is 38.5 Å². The fourth-order valence-corrected chi connectivity index (χ4v) is 7.87. The lowest BCUT2D eigenvalue weighted by Crippen LogP contribution is -2.30. The van der Waals surface area contributed by atoms with Crippen molar-refractivity contribution in [3.05, 3.63) is 48.6 Å². The molecule has 0 fully saturated rings. The van der Waals surface area contributed by atoms with Crippen molar-refractivity contribution in [2.24, 2.45) is 0 Å². The summed E-state index contributed by atoms with van der Waals surface area (Å²) in [6, 6.07) is 0. The maximum atomic E-state index is 12.8. The molecule has 0 aliphatic carbocycles. The maximum Gasteiger partial charge on any atom is 0.306 e. The summed E-state index contributed by atoms with van der Waals surface area (Å²) in [6.45, 7) is 6.50. The van der Waals surface area contributed by atoms with E-state index in [9.17, 15) is 14.4 Å². The molecular formula is C57H102O6. The largest absolute Gasteiger partial charge is 0.462 e. The minimum atomic E-state index is -0.784. The van der Waals surface area contributed by atoms with Crippen molar-refractivity contribution in [1.82, 2.24) is 0 Å². The summed E-state index contributed by atoms with van der Waals surface area (Å²) in [5.41, 5.74) is 0. The molecule has 0 N–H and O–H groups in total. The Morgan fingerprint density at radius 2 is 0.619 bits per heavy atom. The fraction of sp³-hybridized carbons (Fsp3) is 0.807. The van der Waals surface area contributed by atoms with Gasteiger partial charge in [0.2, 0.25) is 0 Å². The zero-order chi connectivity index (χ0) is 45.8. The zero-order valence-corrected chi connectivity index (χ0v) is 41.8. The monoisotopic (exact) mass is 883 g/mol. The molecule has 6 nitrogen and oxygen atoms in total. The Labute approximate surface area is 390 Å². The molecule has 0 aromatic carbocycles. The van der Waals surface area contributed by atoms with Crippen molar-refractivity contribution >= 4 is 17.9 Å². The molecule has 0 aliphatic rings. The molecule has 0 aromatic rings. The molecule has 6 heteroatoms. The van der Waals surface area contributed by atoms with Crippen LogP contribution < -0.4 is 0 Å². The first kappa shape index (κ1) is 60.4. The lowest BCUT2D eigenvalue weighted by molar-refractivity contribution is -0.167. The summed E-state index contributed by atoms with van der Waals surface area (Å²) in [5.74, 6) is -0.908. The Morgan fingerprint density at radius 3 is 0.968 bits per heavy atom. The third kappa shape index (κ3) is 50.2. The molecule has 0 radical (unpaired) electrons. The van der Waals surface area contributed by atoms with Crippen LogP contribution in [0.5, 0.6) is 0 Å². The molecule has 0 saturated carbocycles. The summed E-state index contributed by atoms with van der Waals surface area (Å²) >= 11 is 0. The second kappa shape index (κ2) is 52.0. The molecule has 0 spiro atoms. The van der Waals surface area contributed by atoms with Crippen LogP contribution in [0.3, 0.4) is 0 Å². The molecule has 0 aliphatic heterocycles. The van der Waals surface area contributed by atoms with E-state index < -0.39 is 6.10 Å². The van der Waals surface area contributed by atoms with E-state index >= 15 is 0 Å². The third-order valence-corrected chi connectivity index (χ3v) is 11.9. The van der Waals surface area contributed by atoms with Gasteiger partial charge in [-0.15, -0.1) is 0 Å². The number of allylic oxidation sites excluding steroid dienone is 8. The first-order chi connectivity index (χ1) is 31.0. The quantitative estimate of drug-likeness (QED) is 0.0262. The zero-order valence-electron chi connectivity index (χ0n) is 41.8. The van der Waals surface area contributed by atoms with Crippen LogP contribution in [0, 0.1) is 0 Å². The minimum Gasteiger partial charge on any atom is -0.462 e. The fourth-order valence-electron chi connectivity index (χ4n) is 7.87. The highest BCUT2D eigenvalue weighted by Crippen LogP contribution is 2.17. The average Bonchev–Trinajstić information content (AvgIpc) is 3.28. The lowest BCUT2D eigenvalue weighted by Gasteiger charge is -2.18. The Balaban J connectivity index is 4.38. The Morgan fingerprint density at radius 1 is 0.333 bits per heavy atom. The highest BCUT2D eigenvalue weighted by atomic mass is 16.6. The molecule has 1 unspecified atom stereocenters. The van der Waals surface area contributed by atoms with E-state index in [0.717, 1.165) is 70.6 Å². The second-order valence-electron chi connectivity index (χ2n) is 18.2. The summed E-state index contributed by atoms with van der Waals surface area (Å²) in [4.78, 5) is 38.0. The van der Waals surface area contributed by atoms with Crippen LogP contribution in [0.2, 0.25) is 0 Å². The van der Waals surface area contributed by atoms with Gasteiger partial charge in [-0.25, -0.2) is 0 Å². The first-order valence-corrected chi connectivity index (χ1v) is 27.2. The van der Waals surface area contributed by atoms with Gasteiger partial charge in [-0.2, -0.15) is 0 Å². The number of esters is 3. The molecule has 0 bridgehead atoms. The van der Waals surface area contributed by atoms with E-state index in [4.69, 9.17) is 14.2 Å². The van der Waals surface area contributed by atoms with Gasteiger partial charge in [-0.3, -0.25) is 14.4 Å². The normalized spacial score (nSPS) is 12.4. The van der Waals surface area contributed by atoms with Crippen LogP contribution in [0.15, 0.2) is 48.6 Å². The molecule has 0 heterocycles. The average molecular weight is 883 g/mol. The van der Waals surface area contributed by atoms with Crippen molar-refractivity contribution < 1.29 is 28.6 Å². The standard InChI is InChI=1S/C57H102O6/c1-4-7-10-13-16-19-22-25-27-29-32-35-38-41-44-47-50-56(59)62-53-54(52-61-55(58)49-46-43-40-37-34-31-24-21-18-15-12-9-6-3)63-57(60)51-48-45-42-39-36-33-30-28-26-23-20-17-14-11-8-5-2/h9,12,15,18,21,24,31,34,54H,4-8,10-11,13-14,16-17,19-20,22-23,25-30,32-33,35-53H2,1-3H3/b12-9-,18-15-,24-21-,34-31-. The van der Waals surface area contributed by atoms with Crippen molar-refractivity contribution in [3.63, 3.8) is 0 Å². The van der Waals surface area contributed by atoms with Gasteiger partial charge in [0.1, 0.15) is 13.2 Å². The van der Waals surface area contributed by atoms with Crippen molar-refractivity contribution in [1.29, 1.82) is 0 Å². The molecular weight excluding hydrogens is 781 g/mol. The molecule has 0 aromatic heterocycles. The number of ether oxygens (including phenoxy) is 3. The van der Waals surface area contributed by atoms with E-state index in [1.54, 1.807) is 0 Å². The lowest BCUT2D eigenvalue weighted by atomic mass is 10.0. The van der Waals surface area contributed by atoms with Crippen LogP contribution in [-0.4, -0.2) is 37.2 Å². The SMILES string of the molecule is CC\C=C/C=C\C=C/C=C\CCCCCC(=O)OCC(COC(=O)CCCCCCCCCCCCCCCCCC)OC(=O)CCCCCCCCCCCCCCCCCC. The van der Waals surface area contributed by atoms with E-state index in [1.165, 1.54) is 167 Å². The van der Waals surface area contributed by atoms with Crippen LogP contribution >= 0.6 is 0 Å². The van der Waals surface area contributed by atoms with Crippen molar-refractivity contribution in [2.75, 3.05) is 13.2 Å². The summed E-state index contributed by atoms with van der Waals surface area (Å²) in [5, 5.41) is 0. The van der Waals surface area contributed by atoms with Crippen LogP contribution in [0.4, 0.5) is 0 Å². The Kier molecular flexibility index (Phi) is 49.8. The van der Waals surface area contributed by atoms with Crippen molar-refractivity contribution in [2.45, 2.75) is 284 Å². The van der Waals surface area contributed by atoms with E-state index in [-0.39, 0.29) is 31.1 Å². The van der Waals surface area contributed by atoms with Gasteiger partial charge in [0, 0.05) is 19.3 Å². The molecule has 63 heavy (non-hydrogen) atoms. The van der Waals surface area contributed by atoms with Gasteiger partial charge < -0.3 is 14.2 Å². The topological polar surface area (TPSA) is 78.9 Å². The number of unbranched alkanes of at least 4 members (excludes halogenated alkanes) is 33. The summed E-state index contributed by atoms with van der Waals surface area (Å²) < 4.78 is 16.8. The number of hydrogen-bond acceptors (Lipinski definition) is 6. The van der Waals surface area contributed by atoms with Crippen LogP contribution in [0.1, 0.15) is 278 Å². The number of rotatable bonds is 49. The van der Waals surface area contributed by atoms with Gasteiger partial charge in [0.15, 0.2) is 6.10 Å². The minimum absolute atomic E-state index is 0.0817. The summed E-state index contributed by atoms with van der Waals surface area (Å²) in [7, 11) is 0. The summed E-state index contributed by atoms with van der Waals surface area (Å²) in [6.07, 6.45) is 62.4. The predicted molar refractivity (Wildman–Crippen MR) is 270 cm³/mol. The maximum absolute atomic E-state index is 12.8. The number of hydrogen-bond donors (Lipinski definition) is 0. The Hall–Kier alpha value is -2.63. The van der Waals surface area contributed by atoms with Crippen molar-refractivity contribution in [3.8, 4) is 0 Å². The van der Waals surface area contributed by atoms with Gasteiger partial charge in [0.25, 0.3) is 0 Å². The number of carbonyl (C=O) groups excluding carboxylic acids is 3. The van der Waals surface area contributed by atoms with Crippen LogP contribution in [0.25, 0.3) is 0 Å². The third-order valence-electron chi connectivity index (χ3n) is 11.9. The smallest absolute Gasteiger partial charge is 0.306 e. The number of carbonyl (C=O) groups is 3. The molecule has 366 valence electrons. The molecule has 0 saturated heterocycles. The van der Waals surface area contributed by atoms with E-state index in [1.807, 2.05) is 30.4 Å². The second-order valence-corrected chi connectivity index (χ2v) is 18.2. The highest BCUT2D eigenvalue weighted by Gasteiger charge is 2.19. The van der Waals surface area contributed by atoms with Gasteiger partial charge in [0.05, 0.1) is 0 Å². The van der Waals surface area contributed by atoms with E-state index in [0.29, 0.717) is 19.3 Å². The van der Waals surface area contributed by atoms with E-state index in [2.05, 4.69) is 39.0 Å². The molecule has 0 rings (SSSR count). The van der Waals surface area contributed by atoms with Crippen LogP contribution in [-0.2, 0) is 28.6 Å². The Bertz CT molecular complexity index is 1110. The predicted octanol–water partition coefficient (Wildman–Crippen LogP) is 17.9.